The Morgan fingerprint density at radius 1 is 1.44 bits per heavy atom. The van der Waals surface area contributed by atoms with Gasteiger partial charge in [-0.3, -0.25) is 4.79 Å². The van der Waals surface area contributed by atoms with E-state index in [0.717, 1.165) is 17.0 Å². The number of hydrogen-bond donors (Lipinski definition) is 1. The lowest BCUT2D eigenvalue weighted by molar-refractivity contribution is -0.116. The molecule has 0 heterocycles. The molecule has 0 fully saturated rings. The predicted molar refractivity (Wildman–Crippen MR) is 80.2 cm³/mol. The van der Waals surface area contributed by atoms with Crippen molar-refractivity contribution in [3.05, 3.63) is 29.8 Å². The van der Waals surface area contributed by atoms with E-state index in [4.69, 9.17) is 5.73 Å². The fourth-order valence-electron chi connectivity index (χ4n) is 1.76. The molecule has 0 aromatic heterocycles. The van der Waals surface area contributed by atoms with Crippen molar-refractivity contribution in [2.75, 3.05) is 23.0 Å². The number of carbonyl (C=O) groups excluding carboxylic acids is 1. The van der Waals surface area contributed by atoms with Crippen LogP contribution in [0.2, 0.25) is 0 Å². The molecular formula is C14H22N2OS. The Balaban J connectivity index is 2.66. The largest absolute Gasteiger partial charge is 0.327 e. The Morgan fingerprint density at radius 2 is 2.11 bits per heavy atom. The van der Waals surface area contributed by atoms with E-state index in [1.54, 1.807) is 11.8 Å². The summed E-state index contributed by atoms with van der Waals surface area (Å²) in [4.78, 5) is 14.0. The van der Waals surface area contributed by atoms with Gasteiger partial charge in [-0.25, -0.2) is 0 Å². The third-order valence-electron chi connectivity index (χ3n) is 2.63. The molecule has 18 heavy (non-hydrogen) atoms. The van der Waals surface area contributed by atoms with Crippen LogP contribution in [0.15, 0.2) is 24.3 Å². The minimum absolute atomic E-state index is 0.135. The first-order chi connectivity index (χ1) is 8.56. The molecule has 0 aliphatic rings. The molecular weight excluding hydrogens is 244 g/mol. The lowest BCUT2D eigenvalue weighted by Crippen LogP contribution is -2.33. The molecule has 4 heteroatoms. The van der Waals surface area contributed by atoms with Crippen molar-refractivity contribution in [1.29, 1.82) is 0 Å². The van der Waals surface area contributed by atoms with Gasteiger partial charge in [0, 0.05) is 24.0 Å². The van der Waals surface area contributed by atoms with Crippen LogP contribution in [-0.4, -0.2) is 30.0 Å². The summed E-state index contributed by atoms with van der Waals surface area (Å²) in [6.07, 6.45) is 0. The third-order valence-corrected chi connectivity index (χ3v) is 3.84. The number of nitrogens with two attached hydrogens (primary N) is 1. The Bertz CT molecular complexity index is 393. The second-order valence-corrected chi connectivity index (χ2v) is 5.45. The van der Waals surface area contributed by atoms with Crippen LogP contribution in [0.1, 0.15) is 19.4 Å². The second-order valence-electron chi connectivity index (χ2n) is 4.42. The maximum Gasteiger partial charge on any atom is 0.236 e. The number of para-hydroxylation sites is 1. The topological polar surface area (TPSA) is 46.3 Å². The van der Waals surface area contributed by atoms with E-state index in [1.807, 2.05) is 49.9 Å². The van der Waals surface area contributed by atoms with Gasteiger partial charge in [0.1, 0.15) is 0 Å². The zero-order chi connectivity index (χ0) is 13.5. The Morgan fingerprint density at radius 3 is 2.67 bits per heavy atom. The molecule has 2 N–H and O–H groups in total. The Hall–Kier alpha value is -1.00. The number of amides is 1. The standard InChI is InChI=1S/C14H22N2OS/c1-4-16(13-8-6-5-7-11(13)2)14(17)10-18-9-12(3)15/h5-8,12H,4,9-10,15H2,1-3H3. The van der Waals surface area contributed by atoms with Crippen molar-refractivity contribution < 1.29 is 4.79 Å². The Labute approximate surface area is 114 Å². The first-order valence-electron chi connectivity index (χ1n) is 6.25. The van der Waals surface area contributed by atoms with E-state index >= 15 is 0 Å². The lowest BCUT2D eigenvalue weighted by atomic mass is 10.2. The van der Waals surface area contributed by atoms with Crippen molar-refractivity contribution in [2.45, 2.75) is 26.8 Å². The lowest BCUT2D eigenvalue weighted by Gasteiger charge is -2.23. The minimum atomic E-state index is 0.135. The zero-order valence-corrected chi connectivity index (χ0v) is 12.2. The first-order valence-corrected chi connectivity index (χ1v) is 7.41. The molecule has 0 aliphatic heterocycles. The summed E-state index contributed by atoms with van der Waals surface area (Å²) < 4.78 is 0. The molecule has 1 aromatic rings. The highest BCUT2D eigenvalue weighted by molar-refractivity contribution is 8.00. The number of hydrogen-bond acceptors (Lipinski definition) is 3. The molecule has 1 unspecified atom stereocenters. The maximum atomic E-state index is 12.2. The van der Waals surface area contributed by atoms with Crippen molar-refractivity contribution in [1.82, 2.24) is 0 Å². The molecule has 1 rings (SSSR count). The van der Waals surface area contributed by atoms with Crippen LogP contribution in [0.25, 0.3) is 0 Å². The summed E-state index contributed by atoms with van der Waals surface area (Å²) in [5.74, 6) is 1.46. The van der Waals surface area contributed by atoms with Gasteiger partial charge in [-0.2, -0.15) is 11.8 Å². The summed E-state index contributed by atoms with van der Waals surface area (Å²) in [5.41, 5.74) is 7.81. The molecule has 100 valence electrons. The van der Waals surface area contributed by atoms with Gasteiger partial charge in [-0.1, -0.05) is 18.2 Å². The Kier molecular flexibility index (Phi) is 6.22. The number of thioether (sulfide) groups is 1. The molecule has 0 bridgehead atoms. The summed E-state index contributed by atoms with van der Waals surface area (Å²) in [7, 11) is 0. The number of carbonyl (C=O) groups is 1. The van der Waals surface area contributed by atoms with E-state index in [2.05, 4.69) is 0 Å². The van der Waals surface area contributed by atoms with E-state index in [1.165, 1.54) is 0 Å². The van der Waals surface area contributed by atoms with Crippen LogP contribution in [0.3, 0.4) is 0 Å². The highest BCUT2D eigenvalue weighted by atomic mass is 32.2. The van der Waals surface area contributed by atoms with Gasteiger partial charge in [0.25, 0.3) is 0 Å². The summed E-state index contributed by atoms with van der Waals surface area (Å²) in [6, 6.07) is 8.11. The number of aryl methyl sites for hydroxylation is 1. The van der Waals surface area contributed by atoms with Gasteiger partial charge >= 0.3 is 0 Å². The average Bonchev–Trinajstić information content (AvgIpc) is 2.32. The number of anilines is 1. The van der Waals surface area contributed by atoms with Gasteiger partial charge in [-0.05, 0) is 32.4 Å². The maximum absolute atomic E-state index is 12.2. The molecule has 1 atom stereocenters. The van der Waals surface area contributed by atoms with Crippen LogP contribution in [0, 0.1) is 6.92 Å². The first kappa shape index (κ1) is 15.1. The summed E-state index contributed by atoms with van der Waals surface area (Å²) >= 11 is 1.60. The fraction of sp³-hybridized carbons (Fsp3) is 0.500. The van der Waals surface area contributed by atoms with Crippen LogP contribution in [0.5, 0.6) is 0 Å². The molecule has 0 saturated heterocycles. The normalized spacial score (nSPS) is 12.2. The number of nitrogens with zero attached hydrogens (tertiary/aromatic N) is 1. The summed E-state index contributed by atoms with van der Waals surface area (Å²) in [5, 5.41) is 0. The quantitative estimate of drug-likeness (QED) is 0.860. The predicted octanol–water partition coefficient (Wildman–Crippen LogP) is 2.43. The fourth-order valence-corrected chi connectivity index (χ4v) is 2.58. The van der Waals surface area contributed by atoms with Crippen LogP contribution in [0.4, 0.5) is 5.69 Å². The number of benzene rings is 1. The van der Waals surface area contributed by atoms with Gasteiger partial charge in [0.2, 0.25) is 5.91 Å². The van der Waals surface area contributed by atoms with Crippen molar-refractivity contribution in [3.8, 4) is 0 Å². The van der Waals surface area contributed by atoms with Crippen molar-refractivity contribution in [3.63, 3.8) is 0 Å². The molecule has 0 aliphatic carbocycles. The number of rotatable bonds is 6. The monoisotopic (exact) mass is 266 g/mol. The zero-order valence-electron chi connectivity index (χ0n) is 11.3. The van der Waals surface area contributed by atoms with Gasteiger partial charge in [0.15, 0.2) is 0 Å². The molecule has 1 aromatic carbocycles. The van der Waals surface area contributed by atoms with Crippen molar-refractivity contribution >= 4 is 23.4 Å². The highest BCUT2D eigenvalue weighted by Gasteiger charge is 2.15. The van der Waals surface area contributed by atoms with Crippen LogP contribution in [-0.2, 0) is 4.79 Å². The molecule has 0 spiro atoms. The second kappa shape index (κ2) is 7.44. The molecule has 0 saturated carbocycles. The van der Waals surface area contributed by atoms with Crippen LogP contribution >= 0.6 is 11.8 Å². The van der Waals surface area contributed by atoms with Gasteiger partial charge in [-0.15, -0.1) is 0 Å². The van der Waals surface area contributed by atoms with Crippen LogP contribution < -0.4 is 10.6 Å². The molecule has 1 amide bonds. The van der Waals surface area contributed by atoms with Crippen molar-refractivity contribution in [2.24, 2.45) is 5.73 Å². The smallest absolute Gasteiger partial charge is 0.236 e. The van der Waals surface area contributed by atoms with E-state index in [-0.39, 0.29) is 11.9 Å². The van der Waals surface area contributed by atoms with E-state index in [9.17, 15) is 4.79 Å². The van der Waals surface area contributed by atoms with E-state index in [0.29, 0.717) is 12.3 Å². The highest BCUT2D eigenvalue weighted by Crippen LogP contribution is 2.20. The average molecular weight is 266 g/mol. The molecule has 3 nitrogen and oxygen atoms in total. The summed E-state index contributed by atoms with van der Waals surface area (Å²) in [6.45, 7) is 6.68. The SMILES string of the molecule is CCN(C(=O)CSCC(C)N)c1ccccc1C. The van der Waals surface area contributed by atoms with Gasteiger partial charge in [0.05, 0.1) is 5.75 Å². The minimum Gasteiger partial charge on any atom is -0.327 e. The molecule has 0 radical (unpaired) electrons. The van der Waals surface area contributed by atoms with E-state index < -0.39 is 0 Å². The third kappa shape index (κ3) is 4.35. The van der Waals surface area contributed by atoms with Gasteiger partial charge < -0.3 is 10.6 Å².